The molecule has 1 N–H and O–H groups in total. The quantitative estimate of drug-likeness (QED) is 0.664. The van der Waals surface area contributed by atoms with Gasteiger partial charge in [-0.05, 0) is 55.5 Å². The van der Waals surface area contributed by atoms with E-state index in [4.69, 9.17) is 4.74 Å². The lowest BCUT2D eigenvalue weighted by Crippen LogP contribution is -2.07. The van der Waals surface area contributed by atoms with Crippen LogP contribution in [0.2, 0.25) is 0 Å². The fraction of sp³-hybridized carbons (Fsp3) is 0.118. The van der Waals surface area contributed by atoms with Crippen LogP contribution >= 0.6 is 31.9 Å². The van der Waals surface area contributed by atoms with Gasteiger partial charge in [-0.3, -0.25) is 4.79 Å². The molecule has 2 rings (SSSR count). The van der Waals surface area contributed by atoms with Crippen LogP contribution in [0.3, 0.4) is 0 Å². The highest BCUT2D eigenvalue weighted by Gasteiger charge is 2.03. The minimum absolute atomic E-state index is 0.190. The zero-order valence-electron chi connectivity index (χ0n) is 12.0. The van der Waals surface area contributed by atoms with Crippen LogP contribution in [0.5, 0.6) is 5.75 Å². The molecule has 114 valence electrons. The Hall–Kier alpha value is -1.59. The van der Waals surface area contributed by atoms with E-state index >= 15 is 0 Å². The van der Waals surface area contributed by atoms with Crippen molar-refractivity contribution in [2.24, 2.45) is 0 Å². The second-order valence-corrected chi connectivity index (χ2v) is 6.28. The Labute approximate surface area is 146 Å². The lowest BCUT2D eigenvalue weighted by atomic mass is 10.2. The lowest BCUT2D eigenvalue weighted by Gasteiger charge is -2.07. The Morgan fingerprint density at radius 1 is 1.14 bits per heavy atom. The molecule has 0 radical (unpaired) electrons. The Bertz CT molecular complexity index is 682. The standard InChI is InChI=1S/C17H15Br2NO2/c1-2-22-16-9-6-14(19)11-12(16)3-10-17(21)20-15-7-4-13(18)5-8-15/h3-11H,2H2,1H3,(H,20,21). The Balaban J connectivity index is 2.09. The van der Waals surface area contributed by atoms with Crippen LogP contribution in [-0.2, 0) is 4.79 Å². The summed E-state index contributed by atoms with van der Waals surface area (Å²) in [4.78, 5) is 12.0. The van der Waals surface area contributed by atoms with Gasteiger partial charge in [0.05, 0.1) is 6.61 Å². The first-order chi connectivity index (χ1) is 10.6. The van der Waals surface area contributed by atoms with Gasteiger partial charge in [0.2, 0.25) is 5.91 Å². The number of amides is 1. The van der Waals surface area contributed by atoms with Gasteiger partial charge in [0.15, 0.2) is 0 Å². The van der Waals surface area contributed by atoms with E-state index in [0.717, 1.165) is 25.9 Å². The van der Waals surface area contributed by atoms with Crippen molar-refractivity contribution >= 4 is 49.5 Å². The Morgan fingerprint density at radius 3 is 2.50 bits per heavy atom. The van der Waals surface area contributed by atoms with Gasteiger partial charge in [-0.25, -0.2) is 0 Å². The van der Waals surface area contributed by atoms with Crippen LogP contribution in [-0.4, -0.2) is 12.5 Å². The van der Waals surface area contributed by atoms with Gasteiger partial charge in [0.1, 0.15) is 5.75 Å². The zero-order valence-corrected chi connectivity index (χ0v) is 15.1. The predicted molar refractivity (Wildman–Crippen MR) is 97.1 cm³/mol. The number of carbonyl (C=O) groups excluding carboxylic acids is 1. The molecule has 3 nitrogen and oxygen atoms in total. The zero-order chi connectivity index (χ0) is 15.9. The first kappa shape index (κ1) is 16.8. The molecular formula is C17H15Br2NO2. The molecule has 5 heteroatoms. The summed E-state index contributed by atoms with van der Waals surface area (Å²) < 4.78 is 7.45. The number of anilines is 1. The third kappa shape index (κ3) is 5.00. The van der Waals surface area contributed by atoms with Gasteiger partial charge in [-0.1, -0.05) is 31.9 Å². The van der Waals surface area contributed by atoms with Crippen molar-refractivity contribution in [3.63, 3.8) is 0 Å². The number of benzene rings is 2. The van der Waals surface area contributed by atoms with Crippen molar-refractivity contribution < 1.29 is 9.53 Å². The van der Waals surface area contributed by atoms with E-state index < -0.39 is 0 Å². The van der Waals surface area contributed by atoms with Gasteiger partial charge >= 0.3 is 0 Å². The third-order valence-electron chi connectivity index (χ3n) is 2.80. The number of hydrogen-bond donors (Lipinski definition) is 1. The van der Waals surface area contributed by atoms with E-state index in [-0.39, 0.29) is 5.91 Å². The van der Waals surface area contributed by atoms with Crippen LogP contribution in [0.4, 0.5) is 5.69 Å². The second-order valence-electron chi connectivity index (χ2n) is 4.44. The summed E-state index contributed by atoms with van der Waals surface area (Å²) >= 11 is 6.78. The molecule has 0 heterocycles. The van der Waals surface area contributed by atoms with E-state index in [0.29, 0.717) is 6.61 Å². The van der Waals surface area contributed by atoms with Crippen LogP contribution in [0.1, 0.15) is 12.5 Å². The van der Waals surface area contributed by atoms with Crippen molar-refractivity contribution in [2.75, 3.05) is 11.9 Å². The van der Waals surface area contributed by atoms with E-state index in [2.05, 4.69) is 37.2 Å². The van der Waals surface area contributed by atoms with E-state index in [9.17, 15) is 4.79 Å². The fourth-order valence-electron chi connectivity index (χ4n) is 1.82. The van der Waals surface area contributed by atoms with Gasteiger partial charge in [0, 0.05) is 26.3 Å². The van der Waals surface area contributed by atoms with Crippen LogP contribution < -0.4 is 10.1 Å². The number of halogens is 2. The average Bonchev–Trinajstić information content (AvgIpc) is 2.50. The molecule has 0 aromatic heterocycles. The molecule has 0 bridgehead atoms. The maximum absolute atomic E-state index is 12.0. The largest absolute Gasteiger partial charge is 0.493 e. The highest BCUT2D eigenvalue weighted by Crippen LogP contribution is 2.24. The van der Waals surface area contributed by atoms with E-state index in [1.807, 2.05) is 49.4 Å². The van der Waals surface area contributed by atoms with Gasteiger partial charge < -0.3 is 10.1 Å². The SMILES string of the molecule is CCOc1ccc(Br)cc1C=CC(=O)Nc1ccc(Br)cc1. The molecule has 0 atom stereocenters. The number of rotatable bonds is 5. The predicted octanol–water partition coefficient (Wildman–Crippen LogP) is 5.26. The molecule has 0 aliphatic carbocycles. The molecule has 22 heavy (non-hydrogen) atoms. The van der Waals surface area contributed by atoms with Crippen molar-refractivity contribution in [2.45, 2.75) is 6.92 Å². The van der Waals surface area contributed by atoms with Gasteiger partial charge in [-0.2, -0.15) is 0 Å². The van der Waals surface area contributed by atoms with Crippen molar-refractivity contribution in [1.29, 1.82) is 0 Å². The minimum atomic E-state index is -0.190. The molecular weight excluding hydrogens is 410 g/mol. The van der Waals surface area contributed by atoms with E-state index in [1.54, 1.807) is 6.08 Å². The first-order valence-corrected chi connectivity index (χ1v) is 8.34. The topological polar surface area (TPSA) is 38.3 Å². The third-order valence-corrected chi connectivity index (χ3v) is 3.82. The monoisotopic (exact) mass is 423 g/mol. The average molecular weight is 425 g/mol. The molecule has 2 aromatic carbocycles. The summed E-state index contributed by atoms with van der Waals surface area (Å²) in [5.41, 5.74) is 1.60. The first-order valence-electron chi connectivity index (χ1n) is 6.75. The number of hydrogen-bond acceptors (Lipinski definition) is 2. The van der Waals surface area contributed by atoms with Crippen molar-refractivity contribution in [3.05, 3.63) is 63.0 Å². The summed E-state index contributed by atoms with van der Waals surface area (Å²) in [5.74, 6) is 0.558. The molecule has 0 unspecified atom stereocenters. The summed E-state index contributed by atoms with van der Waals surface area (Å²) in [5, 5.41) is 2.81. The second kappa shape index (κ2) is 8.15. The molecule has 0 saturated carbocycles. The minimum Gasteiger partial charge on any atom is -0.493 e. The molecule has 0 aliphatic rings. The fourth-order valence-corrected chi connectivity index (χ4v) is 2.46. The summed E-state index contributed by atoms with van der Waals surface area (Å²) in [6, 6.07) is 13.1. The van der Waals surface area contributed by atoms with E-state index in [1.165, 1.54) is 6.08 Å². The molecule has 1 amide bonds. The van der Waals surface area contributed by atoms with Gasteiger partial charge in [0.25, 0.3) is 0 Å². The van der Waals surface area contributed by atoms with Crippen LogP contribution in [0.25, 0.3) is 6.08 Å². The number of nitrogens with one attached hydrogen (secondary N) is 1. The Morgan fingerprint density at radius 2 is 1.82 bits per heavy atom. The number of carbonyl (C=O) groups is 1. The molecule has 0 fully saturated rings. The Kier molecular flexibility index (Phi) is 6.21. The molecule has 0 spiro atoms. The highest BCUT2D eigenvalue weighted by atomic mass is 79.9. The summed E-state index contributed by atoms with van der Waals surface area (Å²) in [6.07, 6.45) is 3.23. The normalized spacial score (nSPS) is 10.7. The highest BCUT2D eigenvalue weighted by molar-refractivity contribution is 9.10. The maximum Gasteiger partial charge on any atom is 0.248 e. The van der Waals surface area contributed by atoms with Gasteiger partial charge in [-0.15, -0.1) is 0 Å². The van der Waals surface area contributed by atoms with Crippen LogP contribution in [0.15, 0.2) is 57.5 Å². The molecule has 2 aromatic rings. The molecule has 0 saturated heterocycles. The number of ether oxygens (including phenoxy) is 1. The van der Waals surface area contributed by atoms with Crippen molar-refractivity contribution in [1.82, 2.24) is 0 Å². The molecule has 0 aliphatic heterocycles. The summed E-state index contributed by atoms with van der Waals surface area (Å²) in [7, 11) is 0. The smallest absolute Gasteiger partial charge is 0.248 e. The summed E-state index contributed by atoms with van der Waals surface area (Å²) in [6.45, 7) is 2.50. The van der Waals surface area contributed by atoms with Crippen molar-refractivity contribution in [3.8, 4) is 5.75 Å². The lowest BCUT2D eigenvalue weighted by molar-refractivity contribution is -0.111. The van der Waals surface area contributed by atoms with Crippen LogP contribution in [0, 0.1) is 0 Å². The maximum atomic E-state index is 12.0.